The Kier molecular flexibility index (Phi) is 8.10. The summed E-state index contributed by atoms with van der Waals surface area (Å²) in [7, 11) is 2.12. The van der Waals surface area contributed by atoms with Gasteiger partial charge in [-0.1, -0.05) is 18.2 Å². The van der Waals surface area contributed by atoms with Crippen molar-refractivity contribution >= 4 is 5.96 Å². The SMILES string of the molecule is CCNC(=NCC1CCN(Cc2ccccc2F)CC1)N(C)CC1CCOC1. The van der Waals surface area contributed by atoms with E-state index < -0.39 is 0 Å². The van der Waals surface area contributed by atoms with E-state index in [0.29, 0.717) is 18.4 Å². The van der Waals surface area contributed by atoms with E-state index in [-0.39, 0.29) is 5.82 Å². The Morgan fingerprint density at radius 2 is 2.04 bits per heavy atom. The minimum Gasteiger partial charge on any atom is -0.381 e. The van der Waals surface area contributed by atoms with Crippen LogP contribution in [0.1, 0.15) is 31.7 Å². The van der Waals surface area contributed by atoms with Crippen LogP contribution in [0.25, 0.3) is 0 Å². The van der Waals surface area contributed by atoms with Crippen molar-refractivity contribution in [3.63, 3.8) is 0 Å². The fourth-order valence-corrected chi connectivity index (χ4v) is 4.08. The maximum Gasteiger partial charge on any atom is 0.193 e. The highest BCUT2D eigenvalue weighted by molar-refractivity contribution is 5.79. The molecule has 0 radical (unpaired) electrons. The minimum absolute atomic E-state index is 0.0970. The molecule has 2 fully saturated rings. The van der Waals surface area contributed by atoms with Gasteiger partial charge in [-0.05, 0) is 51.3 Å². The van der Waals surface area contributed by atoms with Crippen molar-refractivity contribution in [2.75, 3.05) is 53.0 Å². The number of likely N-dealkylation sites (tertiary alicyclic amines) is 1. The Morgan fingerprint density at radius 1 is 1.25 bits per heavy atom. The third-order valence-electron chi connectivity index (χ3n) is 5.81. The molecule has 0 spiro atoms. The molecule has 0 saturated carbocycles. The molecule has 156 valence electrons. The first-order valence-corrected chi connectivity index (χ1v) is 10.7. The van der Waals surface area contributed by atoms with Gasteiger partial charge in [0, 0.05) is 51.3 Å². The number of benzene rings is 1. The van der Waals surface area contributed by atoms with Crippen molar-refractivity contribution in [2.24, 2.45) is 16.8 Å². The molecule has 1 unspecified atom stereocenters. The first kappa shape index (κ1) is 21.1. The molecule has 0 aromatic heterocycles. The zero-order valence-corrected chi connectivity index (χ0v) is 17.4. The normalized spacial score (nSPS) is 21.8. The number of ether oxygens (including phenoxy) is 1. The van der Waals surface area contributed by atoms with Crippen molar-refractivity contribution in [3.8, 4) is 0 Å². The van der Waals surface area contributed by atoms with Crippen molar-refractivity contribution in [1.82, 2.24) is 15.1 Å². The minimum atomic E-state index is -0.0970. The molecule has 1 aromatic rings. The second-order valence-electron chi connectivity index (χ2n) is 8.12. The third-order valence-corrected chi connectivity index (χ3v) is 5.81. The molecule has 1 N–H and O–H groups in total. The van der Waals surface area contributed by atoms with Gasteiger partial charge in [-0.25, -0.2) is 4.39 Å². The number of rotatable bonds is 7. The molecular weight excluding hydrogens is 355 g/mol. The van der Waals surface area contributed by atoms with Crippen LogP contribution in [0.15, 0.2) is 29.3 Å². The van der Waals surface area contributed by atoms with Gasteiger partial charge < -0.3 is 15.0 Å². The zero-order chi connectivity index (χ0) is 19.8. The van der Waals surface area contributed by atoms with Crippen LogP contribution in [0.2, 0.25) is 0 Å². The molecule has 2 saturated heterocycles. The molecular formula is C22H35FN4O. The molecule has 3 rings (SSSR count). The molecule has 2 aliphatic rings. The molecule has 2 heterocycles. The summed E-state index contributed by atoms with van der Waals surface area (Å²) in [6.07, 6.45) is 3.39. The van der Waals surface area contributed by atoms with Gasteiger partial charge in [-0.2, -0.15) is 0 Å². The summed E-state index contributed by atoms with van der Waals surface area (Å²) < 4.78 is 19.4. The van der Waals surface area contributed by atoms with Gasteiger partial charge in [0.25, 0.3) is 0 Å². The number of piperidine rings is 1. The van der Waals surface area contributed by atoms with E-state index in [1.54, 1.807) is 12.1 Å². The van der Waals surface area contributed by atoms with E-state index in [4.69, 9.17) is 9.73 Å². The van der Waals surface area contributed by atoms with Crippen LogP contribution in [0.5, 0.6) is 0 Å². The first-order valence-electron chi connectivity index (χ1n) is 10.7. The van der Waals surface area contributed by atoms with E-state index in [2.05, 4.69) is 29.1 Å². The Labute approximate surface area is 169 Å². The van der Waals surface area contributed by atoms with Gasteiger partial charge in [0.1, 0.15) is 5.82 Å². The molecule has 1 aromatic carbocycles. The molecule has 2 aliphatic heterocycles. The maximum atomic E-state index is 13.9. The molecule has 0 aliphatic carbocycles. The first-order chi connectivity index (χ1) is 13.7. The van der Waals surface area contributed by atoms with E-state index in [9.17, 15) is 4.39 Å². The molecule has 28 heavy (non-hydrogen) atoms. The lowest BCUT2D eigenvalue weighted by molar-refractivity contribution is 0.178. The maximum absolute atomic E-state index is 13.9. The van der Waals surface area contributed by atoms with Crippen molar-refractivity contribution < 1.29 is 9.13 Å². The predicted molar refractivity (Wildman–Crippen MR) is 112 cm³/mol. The van der Waals surface area contributed by atoms with Gasteiger partial charge in [0.2, 0.25) is 0 Å². The predicted octanol–water partition coefficient (Wildman–Crippen LogP) is 2.97. The Balaban J connectivity index is 1.45. The Morgan fingerprint density at radius 3 is 2.71 bits per heavy atom. The van der Waals surface area contributed by atoms with E-state index in [0.717, 1.165) is 76.7 Å². The highest BCUT2D eigenvalue weighted by Crippen LogP contribution is 2.20. The van der Waals surface area contributed by atoms with Crippen molar-refractivity contribution in [1.29, 1.82) is 0 Å². The van der Waals surface area contributed by atoms with E-state index in [1.807, 2.05) is 12.1 Å². The van der Waals surface area contributed by atoms with Crippen LogP contribution in [-0.4, -0.2) is 68.7 Å². The molecule has 5 nitrogen and oxygen atoms in total. The lowest BCUT2D eigenvalue weighted by Crippen LogP contribution is -2.42. The summed E-state index contributed by atoms with van der Waals surface area (Å²) in [6.45, 7) is 9.34. The lowest BCUT2D eigenvalue weighted by atomic mass is 9.96. The highest BCUT2D eigenvalue weighted by Gasteiger charge is 2.22. The monoisotopic (exact) mass is 390 g/mol. The number of hydrogen-bond donors (Lipinski definition) is 1. The number of nitrogens with zero attached hydrogens (tertiary/aromatic N) is 3. The molecule has 1 atom stereocenters. The largest absolute Gasteiger partial charge is 0.381 e. The van der Waals surface area contributed by atoms with E-state index >= 15 is 0 Å². The number of aliphatic imine (C=N–C) groups is 1. The second-order valence-corrected chi connectivity index (χ2v) is 8.12. The van der Waals surface area contributed by atoms with Crippen LogP contribution in [0.3, 0.4) is 0 Å². The van der Waals surface area contributed by atoms with Crippen LogP contribution < -0.4 is 5.32 Å². The van der Waals surface area contributed by atoms with Crippen molar-refractivity contribution in [2.45, 2.75) is 32.7 Å². The second kappa shape index (κ2) is 10.8. The van der Waals surface area contributed by atoms with E-state index in [1.165, 1.54) is 0 Å². The zero-order valence-electron chi connectivity index (χ0n) is 17.4. The molecule has 0 amide bonds. The molecule has 6 heteroatoms. The van der Waals surface area contributed by atoms with Gasteiger partial charge in [0.15, 0.2) is 5.96 Å². The Hall–Kier alpha value is -1.66. The van der Waals surface area contributed by atoms with Gasteiger partial charge in [-0.3, -0.25) is 9.89 Å². The number of nitrogens with one attached hydrogen (secondary N) is 1. The summed E-state index contributed by atoms with van der Waals surface area (Å²) in [4.78, 5) is 9.52. The number of halogens is 1. The van der Waals surface area contributed by atoms with Crippen molar-refractivity contribution in [3.05, 3.63) is 35.6 Å². The summed E-state index contributed by atoms with van der Waals surface area (Å²) in [6, 6.07) is 7.10. The average molecular weight is 391 g/mol. The standard InChI is InChI=1S/C22H35FN4O/c1-3-24-22(26(2)15-19-10-13-28-17-19)25-14-18-8-11-27(12-9-18)16-20-6-4-5-7-21(20)23/h4-7,18-19H,3,8-17H2,1-2H3,(H,24,25). The van der Waals surface area contributed by atoms with Crippen LogP contribution in [0.4, 0.5) is 4.39 Å². The number of hydrogen-bond acceptors (Lipinski definition) is 3. The average Bonchev–Trinajstić information content (AvgIpc) is 3.21. The fraction of sp³-hybridized carbons (Fsp3) is 0.682. The fourth-order valence-electron chi connectivity index (χ4n) is 4.08. The molecule has 0 bridgehead atoms. The topological polar surface area (TPSA) is 40.1 Å². The summed E-state index contributed by atoms with van der Waals surface area (Å²) in [5.74, 6) is 2.12. The smallest absolute Gasteiger partial charge is 0.193 e. The lowest BCUT2D eigenvalue weighted by Gasteiger charge is -2.32. The van der Waals surface area contributed by atoms with Crippen LogP contribution in [0, 0.1) is 17.7 Å². The van der Waals surface area contributed by atoms with Gasteiger partial charge in [0.05, 0.1) is 6.61 Å². The third kappa shape index (κ3) is 6.17. The van der Waals surface area contributed by atoms with Crippen LogP contribution >= 0.6 is 0 Å². The summed E-state index contributed by atoms with van der Waals surface area (Å²) in [5, 5.41) is 3.43. The van der Waals surface area contributed by atoms with Gasteiger partial charge >= 0.3 is 0 Å². The Bertz CT molecular complexity index is 625. The highest BCUT2D eigenvalue weighted by atomic mass is 19.1. The van der Waals surface area contributed by atoms with Crippen LogP contribution in [-0.2, 0) is 11.3 Å². The summed E-state index contributed by atoms with van der Waals surface area (Å²) >= 11 is 0. The summed E-state index contributed by atoms with van der Waals surface area (Å²) in [5.41, 5.74) is 0.797. The van der Waals surface area contributed by atoms with Gasteiger partial charge in [-0.15, -0.1) is 0 Å². The number of guanidine groups is 1. The quantitative estimate of drug-likeness (QED) is 0.574.